The monoisotopic (exact) mass is 369 g/mol. The van der Waals surface area contributed by atoms with Crippen molar-refractivity contribution < 1.29 is 14.4 Å². The second kappa shape index (κ2) is 7.94. The van der Waals surface area contributed by atoms with Crippen LogP contribution in [0.15, 0.2) is 23.8 Å². The largest absolute Gasteiger partial charge is 0.372 e. The van der Waals surface area contributed by atoms with Crippen molar-refractivity contribution in [2.24, 2.45) is 0 Å². The molecule has 0 bridgehead atoms. The fraction of sp³-hybridized carbons (Fsp3) is 0.476. The van der Waals surface area contributed by atoms with Gasteiger partial charge >= 0.3 is 6.03 Å². The lowest BCUT2D eigenvalue weighted by molar-refractivity contribution is -0.131. The third kappa shape index (κ3) is 3.75. The third-order valence-electron chi connectivity index (χ3n) is 5.50. The first-order valence-electron chi connectivity index (χ1n) is 9.72. The molecule has 4 amide bonds. The quantitative estimate of drug-likeness (QED) is 0.639. The molecule has 1 saturated heterocycles. The molecule has 6 heteroatoms. The summed E-state index contributed by atoms with van der Waals surface area (Å²) in [6, 6.07) is 5.28. The zero-order valence-corrected chi connectivity index (χ0v) is 16.2. The number of rotatable bonds is 5. The summed E-state index contributed by atoms with van der Waals surface area (Å²) in [5.41, 5.74) is 2.93. The number of imide groups is 2. The molecule has 6 nitrogen and oxygen atoms in total. The Kier molecular flexibility index (Phi) is 5.63. The van der Waals surface area contributed by atoms with E-state index in [0.29, 0.717) is 0 Å². The summed E-state index contributed by atoms with van der Waals surface area (Å²) in [6.07, 6.45) is 5.21. The summed E-state index contributed by atoms with van der Waals surface area (Å²) in [5.74, 6) is -1.10. The van der Waals surface area contributed by atoms with Crippen molar-refractivity contribution in [2.45, 2.75) is 52.5 Å². The lowest BCUT2D eigenvalue weighted by Crippen LogP contribution is -2.57. The number of barbiturate groups is 1. The van der Waals surface area contributed by atoms with Gasteiger partial charge in [-0.15, -0.1) is 0 Å². The topological polar surface area (TPSA) is 69.7 Å². The highest BCUT2D eigenvalue weighted by Gasteiger charge is 2.40. The molecule has 2 aliphatic rings. The second-order valence-corrected chi connectivity index (χ2v) is 7.14. The molecular formula is C21H27N3O3. The predicted octanol–water partition coefficient (Wildman–Crippen LogP) is 3.25. The minimum atomic E-state index is -0.619. The van der Waals surface area contributed by atoms with Crippen LogP contribution in [0.25, 0.3) is 6.08 Å². The Balaban J connectivity index is 1.91. The zero-order chi connectivity index (χ0) is 19.6. The summed E-state index contributed by atoms with van der Waals surface area (Å²) in [7, 11) is 0. The van der Waals surface area contributed by atoms with Crippen LogP contribution in [0.4, 0.5) is 10.5 Å². The average molecular weight is 369 g/mol. The van der Waals surface area contributed by atoms with E-state index in [1.165, 1.54) is 4.90 Å². The second-order valence-electron chi connectivity index (χ2n) is 7.14. The molecule has 144 valence electrons. The van der Waals surface area contributed by atoms with Gasteiger partial charge in [0, 0.05) is 24.8 Å². The fourth-order valence-corrected chi connectivity index (χ4v) is 3.93. The molecule has 3 rings (SSSR count). The molecule has 0 spiro atoms. The van der Waals surface area contributed by atoms with Crippen LogP contribution in [0.1, 0.15) is 50.7 Å². The SMILES string of the molecule is CCN(CC)c1ccc(/C=C2\C(=O)NC(=O)N(C3CCCC3)C2=O)c(C)c1. The zero-order valence-electron chi connectivity index (χ0n) is 16.2. The van der Waals surface area contributed by atoms with Crippen molar-refractivity contribution in [1.29, 1.82) is 0 Å². The van der Waals surface area contributed by atoms with Gasteiger partial charge < -0.3 is 4.90 Å². The minimum absolute atomic E-state index is 0.0280. The van der Waals surface area contributed by atoms with Crippen molar-refractivity contribution in [1.82, 2.24) is 10.2 Å². The summed E-state index contributed by atoms with van der Waals surface area (Å²) in [5, 5.41) is 2.33. The van der Waals surface area contributed by atoms with Gasteiger partial charge in [-0.05, 0) is 62.9 Å². The van der Waals surface area contributed by atoms with E-state index >= 15 is 0 Å². The van der Waals surface area contributed by atoms with Crippen molar-refractivity contribution in [2.75, 3.05) is 18.0 Å². The molecule has 0 radical (unpaired) electrons. The highest BCUT2D eigenvalue weighted by molar-refractivity contribution is 6.31. The molecule has 1 N–H and O–H groups in total. The van der Waals surface area contributed by atoms with E-state index in [2.05, 4.69) is 30.1 Å². The maximum absolute atomic E-state index is 12.9. The van der Waals surface area contributed by atoms with Crippen LogP contribution in [0, 0.1) is 6.92 Å². The van der Waals surface area contributed by atoms with E-state index in [1.807, 2.05) is 19.1 Å². The van der Waals surface area contributed by atoms with Gasteiger partial charge in [-0.3, -0.25) is 19.8 Å². The standard InChI is InChI=1S/C21H27N3O3/c1-4-23(5-2)17-11-10-15(14(3)12-17)13-18-19(25)22-21(27)24(20(18)26)16-8-6-7-9-16/h10-13,16H,4-9H2,1-3H3,(H,22,25,27)/b18-13+. The molecule has 1 aliphatic heterocycles. The summed E-state index contributed by atoms with van der Waals surface area (Å²) < 4.78 is 0. The third-order valence-corrected chi connectivity index (χ3v) is 5.50. The Morgan fingerprint density at radius 3 is 2.41 bits per heavy atom. The smallest absolute Gasteiger partial charge is 0.331 e. The van der Waals surface area contributed by atoms with Crippen LogP contribution in [0.3, 0.4) is 0 Å². The van der Waals surface area contributed by atoms with Gasteiger partial charge in [0.05, 0.1) is 0 Å². The lowest BCUT2D eigenvalue weighted by Gasteiger charge is -2.31. The normalized spacial score (nSPS) is 19.7. The Morgan fingerprint density at radius 2 is 1.81 bits per heavy atom. The van der Waals surface area contributed by atoms with Crippen LogP contribution < -0.4 is 10.2 Å². The number of amides is 4. The maximum Gasteiger partial charge on any atom is 0.331 e. The van der Waals surface area contributed by atoms with Gasteiger partial charge in [-0.1, -0.05) is 18.9 Å². The number of hydrogen-bond acceptors (Lipinski definition) is 4. The van der Waals surface area contributed by atoms with Crippen LogP contribution in [0.5, 0.6) is 0 Å². The lowest BCUT2D eigenvalue weighted by atomic mass is 10.0. The van der Waals surface area contributed by atoms with Crippen molar-refractivity contribution in [3.8, 4) is 0 Å². The fourth-order valence-electron chi connectivity index (χ4n) is 3.93. The number of nitrogens with zero attached hydrogens (tertiary/aromatic N) is 2. The summed E-state index contributed by atoms with van der Waals surface area (Å²) >= 11 is 0. The summed E-state index contributed by atoms with van der Waals surface area (Å²) in [4.78, 5) is 40.9. The molecule has 1 aliphatic carbocycles. The van der Waals surface area contributed by atoms with Gasteiger partial charge in [0.1, 0.15) is 5.57 Å². The first kappa shape index (κ1) is 19.1. The van der Waals surface area contributed by atoms with E-state index in [-0.39, 0.29) is 11.6 Å². The molecular weight excluding hydrogens is 342 g/mol. The van der Waals surface area contributed by atoms with Crippen LogP contribution in [0.2, 0.25) is 0 Å². The van der Waals surface area contributed by atoms with Crippen LogP contribution in [-0.2, 0) is 9.59 Å². The van der Waals surface area contributed by atoms with Gasteiger partial charge in [0.2, 0.25) is 0 Å². The number of nitrogens with one attached hydrogen (secondary N) is 1. The van der Waals surface area contributed by atoms with Crippen molar-refractivity contribution in [3.05, 3.63) is 34.9 Å². The number of anilines is 1. The molecule has 27 heavy (non-hydrogen) atoms. The van der Waals surface area contributed by atoms with E-state index in [4.69, 9.17) is 0 Å². The molecule has 2 fully saturated rings. The number of carbonyl (C=O) groups excluding carboxylic acids is 3. The Labute approximate surface area is 160 Å². The van der Waals surface area contributed by atoms with Crippen LogP contribution >= 0.6 is 0 Å². The predicted molar refractivity (Wildman–Crippen MR) is 105 cm³/mol. The van der Waals surface area contributed by atoms with E-state index in [1.54, 1.807) is 6.08 Å². The molecule has 0 unspecified atom stereocenters. The number of hydrogen-bond donors (Lipinski definition) is 1. The first-order chi connectivity index (χ1) is 13.0. The van der Waals surface area contributed by atoms with Gasteiger partial charge in [0.15, 0.2) is 0 Å². The molecule has 1 aromatic rings. The highest BCUT2D eigenvalue weighted by atomic mass is 16.2. The Hall–Kier alpha value is -2.63. The van der Waals surface area contributed by atoms with E-state index in [0.717, 1.165) is 55.6 Å². The number of benzene rings is 1. The summed E-state index contributed by atoms with van der Waals surface area (Å²) in [6.45, 7) is 8.00. The van der Waals surface area contributed by atoms with Crippen molar-refractivity contribution in [3.63, 3.8) is 0 Å². The van der Waals surface area contributed by atoms with E-state index < -0.39 is 17.8 Å². The molecule has 0 aromatic heterocycles. The van der Waals surface area contributed by atoms with Gasteiger partial charge in [-0.25, -0.2) is 4.79 Å². The van der Waals surface area contributed by atoms with Crippen LogP contribution in [-0.4, -0.2) is 41.9 Å². The number of urea groups is 1. The molecule has 1 saturated carbocycles. The average Bonchev–Trinajstić information content (AvgIpc) is 3.15. The minimum Gasteiger partial charge on any atom is -0.372 e. The molecule has 0 atom stereocenters. The van der Waals surface area contributed by atoms with E-state index in [9.17, 15) is 14.4 Å². The Bertz CT molecular complexity index is 790. The van der Waals surface area contributed by atoms with Gasteiger partial charge in [0.25, 0.3) is 11.8 Å². The van der Waals surface area contributed by atoms with Gasteiger partial charge in [-0.2, -0.15) is 0 Å². The number of aryl methyl sites for hydroxylation is 1. The highest BCUT2D eigenvalue weighted by Crippen LogP contribution is 2.28. The molecule has 1 heterocycles. The Morgan fingerprint density at radius 1 is 1.15 bits per heavy atom. The van der Waals surface area contributed by atoms with Crippen molar-refractivity contribution >= 4 is 29.6 Å². The first-order valence-corrected chi connectivity index (χ1v) is 9.72. The molecule has 1 aromatic carbocycles. The number of carbonyl (C=O) groups is 3. The maximum atomic E-state index is 12.9.